The van der Waals surface area contributed by atoms with E-state index in [1.54, 1.807) is 0 Å². The van der Waals surface area contributed by atoms with E-state index in [1.165, 1.54) is 37.9 Å². The smallest absolute Gasteiger partial charge is 0.407 e. The highest BCUT2D eigenvalue weighted by Crippen LogP contribution is 2.83. The quantitative estimate of drug-likeness (QED) is 0.0670. The zero-order valence-electron chi connectivity index (χ0n) is 30.8. The van der Waals surface area contributed by atoms with E-state index in [2.05, 4.69) is 31.4 Å². The summed E-state index contributed by atoms with van der Waals surface area (Å²) in [5, 5.41) is 6.94. The molecule has 0 aromatic rings. The number of epoxide rings is 3. The van der Waals surface area contributed by atoms with Crippen molar-refractivity contribution < 1.29 is 38.1 Å². The van der Waals surface area contributed by atoms with Crippen molar-refractivity contribution in [2.75, 3.05) is 25.4 Å². The topological polar surface area (TPSA) is 131 Å². The Hall–Kier alpha value is -1.47. The van der Waals surface area contributed by atoms with Crippen molar-refractivity contribution in [2.24, 2.45) is 17.3 Å². The Kier molecular flexibility index (Phi) is 10.2. The number of ether oxygens (including phenoxy) is 5. The molecule has 8 aliphatic rings. The average molecular weight is 747 g/mol. The van der Waals surface area contributed by atoms with Gasteiger partial charge in [-0.05, 0) is 68.8 Å². The van der Waals surface area contributed by atoms with Gasteiger partial charge in [-0.15, -0.1) is 0 Å². The van der Waals surface area contributed by atoms with Crippen LogP contribution in [-0.2, 0) is 33.3 Å². The molecule has 2 spiro atoms. The van der Waals surface area contributed by atoms with Gasteiger partial charge in [0, 0.05) is 41.5 Å². The van der Waals surface area contributed by atoms with Gasteiger partial charge in [0.15, 0.2) is 11.7 Å². The summed E-state index contributed by atoms with van der Waals surface area (Å²) in [6.07, 6.45) is 15.3. The normalized spacial score (nSPS) is 40.7. The number of hydrogen-bond acceptors (Lipinski definition) is 10. The van der Waals surface area contributed by atoms with Crippen LogP contribution < -0.4 is 10.6 Å². The highest BCUT2D eigenvalue weighted by molar-refractivity contribution is 8.77. The number of nitrogens with one attached hydrogen (secondary N) is 2. The van der Waals surface area contributed by atoms with Gasteiger partial charge in [-0.2, -0.15) is 0 Å². The molecule has 2 saturated carbocycles. The fraction of sp³-hybridized carbons (Fsp3) is 0.872. The van der Waals surface area contributed by atoms with Crippen LogP contribution in [0, 0.1) is 17.3 Å². The molecule has 0 radical (unpaired) electrons. The van der Waals surface area contributed by atoms with Gasteiger partial charge in [-0.1, -0.05) is 87.3 Å². The Morgan fingerprint density at radius 2 is 1.69 bits per heavy atom. The predicted octanol–water partition coefficient (Wildman–Crippen LogP) is 6.79. The number of rotatable bonds is 18. The van der Waals surface area contributed by atoms with Gasteiger partial charge in [-0.25, -0.2) is 9.59 Å². The highest BCUT2D eigenvalue weighted by atomic mass is 33.1. The van der Waals surface area contributed by atoms with Gasteiger partial charge < -0.3 is 34.3 Å². The van der Waals surface area contributed by atoms with E-state index in [-0.39, 0.29) is 47.4 Å². The molecule has 10 atom stereocenters. The zero-order chi connectivity index (χ0) is 35.4. The summed E-state index contributed by atoms with van der Waals surface area (Å²) in [6.45, 7) is 8.31. The Balaban J connectivity index is 0.732. The molecule has 51 heavy (non-hydrogen) atoms. The molecule has 6 fully saturated rings. The number of carbonyl (C=O) groups is 3. The van der Waals surface area contributed by atoms with Gasteiger partial charge in [0.2, 0.25) is 5.91 Å². The molecular formula is C39H58N2O8S2. The predicted molar refractivity (Wildman–Crippen MR) is 196 cm³/mol. The lowest BCUT2D eigenvalue weighted by Crippen LogP contribution is -2.70. The van der Waals surface area contributed by atoms with Crippen LogP contribution in [0.3, 0.4) is 0 Å². The third kappa shape index (κ3) is 6.07. The summed E-state index contributed by atoms with van der Waals surface area (Å²) in [4.78, 5) is 37.9. The maximum atomic E-state index is 13.4. The van der Waals surface area contributed by atoms with Gasteiger partial charge in [0.1, 0.15) is 30.0 Å². The Labute approximate surface area is 311 Å². The summed E-state index contributed by atoms with van der Waals surface area (Å²) >= 11 is 0. The van der Waals surface area contributed by atoms with Crippen LogP contribution in [0.2, 0.25) is 0 Å². The molecule has 1 unspecified atom stereocenters. The summed E-state index contributed by atoms with van der Waals surface area (Å²) in [5.41, 5.74) is -0.200. The maximum absolute atomic E-state index is 13.4. The van der Waals surface area contributed by atoms with Crippen molar-refractivity contribution in [3.63, 3.8) is 0 Å². The number of alkyl carbamates (subject to hydrolysis) is 1. The molecule has 5 aliphatic heterocycles. The molecule has 0 aromatic carbocycles. The van der Waals surface area contributed by atoms with E-state index in [9.17, 15) is 14.4 Å². The van der Waals surface area contributed by atoms with Crippen LogP contribution in [0.5, 0.6) is 0 Å². The minimum absolute atomic E-state index is 0.0917. The molecule has 3 aliphatic carbocycles. The average Bonchev–Trinajstić information content (AvgIpc) is 4.05. The first-order valence-electron chi connectivity index (χ1n) is 20.1. The van der Waals surface area contributed by atoms with E-state index >= 15 is 0 Å². The molecule has 0 aromatic heterocycles. The SMILES string of the molecule is CC(C)[C@]12O[C@H]1[C@@H]1O[C@]13[C@]1(O[C@H]1C[C@H]1C4=C(CC[C@@]13C)C(=O)OC4)[C@@H]2OC(=O)NCCCCCCCCCCNC(=O)CCCCC1CCSS1. The van der Waals surface area contributed by atoms with Crippen LogP contribution in [-0.4, -0.2) is 89.9 Å². The van der Waals surface area contributed by atoms with Crippen molar-refractivity contribution in [3.8, 4) is 0 Å². The molecule has 4 saturated heterocycles. The van der Waals surface area contributed by atoms with Crippen LogP contribution in [0.25, 0.3) is 0 Å². The Morgan fingerprint density at radius 3 is 2.41 bits per heavy atom. The first-order valence-corrected chi connectivity index (χ1v) is 22.5. The minimum atomic E-state index is -0.725. The van der Waals surface area contributed by atoms with Crippen LogP contribution >= 0.6 is 21.6 Å². The lowest BCUT2D eigenvalue weighted by Gasteiger charge is -2.53. The van der Waals surface area contributed by atoms with Crippen molar-refractivity contribution >= 4 is 39.6 Å². The third-order valence-corrected chi connectivity index (χ3v) is 16.9. The van der Waals surface area contributed by atoms with E-state index < -0.39 is 29.0 Å². The van der Waals surface area contributed by atoms with E-state index in [0.29, 0.717) is 26.0 Å². The van der Waals surface area contributed by atoms with Crippen LogP contribution in [0.1, 0.15) is 124 Å². The molecule has 8 rings (SSSR count). The Bertz CT molecular complexity index is 1400. The van der Waals surface area contributed by atoms with E-state index in [4.69, 9.17) is 23.7 Å². The first-order chi connectivity index (χ1) is 24.7. The van der Waals surface area contributed by atoms with Gasteiger partial charge in [-0.3, -0.25) is 4.79 Å². The number of amides is 2. The van der Waals surface area contributed by atoms with Gasteiger partial charge in [0.05, 0.1) is 6.10 Å². The second-order valence-electron chi connectivity index (χ2n) is 17.0. The number of esters is 1. The van der Waals surface area contributed by atoms with Crippen molar-refractivity contribution in [1.82, 2.24) is 10.6 Å². The summed E-state index contributed by atoms with van der Waals surface area (Å²) < 4.78 is 31.9. The largest absolute Gasteiger partial charge is 0.458 e. The van der Waals surface area contributed by atoms with Gasteiger partial charge in [0.25, 0.3) is 0 Å². The number of cyclic esters (lactones) is 1. The summed E-state index contributed by atoms with van der Waals surface area (Å²) in [7, 11) is 4.01. The summed E-state index contributed by atoms with van der Waals surface area (Å²) in [6, 6.07) is 0. The molecule has 12 heteroatoms. The van der Waals surface area contributed by atoms with Crippen molar-refractivity contribution in [1.29, 1.82) is 0 Å². The second-order valence-corrected chi connectivity index (χ2v) is 19.8. The monoisotopic (exact) mass is 746 g/mol. The fourth-order valence-corrected chi connectivity index (χ4v) is 14.1. The Morgan fingerprint density at radius 1 is 0.941 bits per heavy atom. The fourth-order valence-electron chi connectivity index (χ4n) is 11.0. The molecule has 0 bridgehead atoms. The number of hydrogen-bond donors (Lipinski definition) is 2. The standard InChI is InChI=1S/C39H58N2O8S2/c1-24(2)37-31(48-37)32-39(49-32)36(3)18-16-26-27(23-45-33(26)43)28(36)22-29-38(39,47-29)34(37)46-35(44)41-20-13-9-7-5-4-6-8-12-19-40-30(42)15-11-10-14-25-17-21-50-51-25/h24-25,28-29,31-32,34H,4-23H2,1-3H3,(H,40,42)(H,41,44)/t25?,28-,29-,31-,32-,34+,36-,37-,38+,39+/m0/s1. The molecule has 2 N–H and O–H groups in total. The van der Waals surface area contributed by atoms with Crippen molar-refractivity contribution in [3.05, 3.63) is 11.1 Å². The lowest BCUT2D eigenvalue weighted by atomic mass is 9.46. The van der Waals surface area contributed by atoms with Crippen molar-refractivity contribution in [2.45, 2.75) is 170 Å². The van der Waals surface area contributed by atoms with Gasteiger partial charge >= 0.3 is 12.1 Å². The third-order valence-electron chi connectivity index (χ3n) is 13.9. The highest BCUT2D eigenvalue weighted by Gasteiger charge is 3.01. The lowest BCUT2D eigenvalue weighted by molar-refractivity contribution is -0.136. The molecular weight excluding hydrogens is 689 g/mol. The summed E-state index contributed by atoms with van der Waals surface area (Å²) in [5.74, 6) is 1.60. The van der Waals surface area contributed by atoms with Crippen LogP contribution in [0.4, 0.5) is 4.79 Å². The minimum Gasteiger partial charge on any atom is -0.458 e. The van der Waals surface area contributed by atoms with E-state index in [0.717, 1.165) is 80.7 Å². The van der Waals surface area contributed by atoms with E-state index in [1.807, 2.05) is 21.6 Å². The molecule has 2 amide bonds. The first kappa shape index (κ1) is 36.5. The molecule has 5 heterocycles. The molecule has 284 valence electrons. The van der Waals surface area contributed by atoms with Crippen LogP contribution in [0.15, 0.2) is 11.1 Å². The number of unbranched alkanes of at least 4 members (excludes halogenated alkanes) is 8. The second kappa shape index (κ2) is 14.3. The zero-order valence-corrected chi connectivity index (χ0v) is 32.4. The number of carbonyl (C=O) groups excluding carboxylic acids is 3. The maximum Gasteiger partial charge on any atom is 0.407 e. The molecule has 10 nitrogen and oxygen atoms in total. The number of fused-ring (bicyclic) bond motifs is 4.